The molecule has 0 saturated carbocycles. The predicted molar refractivity (Wildman–Crippen MR) is 253 cm³/mol. The van der Waals surface area contributed by atoms with Crippen LogP contribution in [0.1, 0.15) is 40.5 Å². The number of ether oxygens (including phenoxy) is 3. The second-order valence-electron chi connectivity index (χ2n) is 20.4. The van der Waals surface area contributed by atoms with Crippen molar-refractivity contribution in [3.05, 3.63) is 0 Å². The van der Waals surface area contributed by atoms with Crippen LogP contribution in [0.2, 0.25) is 104 Å². The molecule has 20 heteroatoms. The average Bonchev–Trinajstić information content (AvgIpc) is 3.77. The van der Waals surface area contributed by atoms with Crippen molar-refractivity contribution in [2.75, 3.05) is 65.8 Å². The van der Waals surface area contributed by atoms with Crippen molar-refractivity contribution >= 4 is 50.4 Å². The van der Waals surface area contributed by atoms with Gasteiger partial charge in [-0.2, -0.15) is 0 Å². The van der Waals surface area contributed by atoms with Crippen LogP contribution < -0.4 is 5.32 Å². The summed E-state index contributed by atoms with van der Waals surface area (Å²) in [6, 6.07) is 1.90. The van der Waals surface area contributed by atoms with Crippen LogP contribution >= 0.6 is 0 Å². The van der Waals surface area contributed by atoms with Gasteiger partial charge in [0.05, 0.1) is 50.3 Å². The molecule has 0 spiro atoms. The van der Waals surface area contributed by atoms with E-state index in [1.807, 2.05) is 4.90 Å². The molecule has 0 amide bonds. The van der Waals surface area contributed by atoms with E-state index in [4.69, 9.17) is 40.9 Å². The highest BCUT2D eigenvalue weighted by Gasteiger charge is 2.41. The molecule has 58 heavy (non-hydrogen) atoms. The second kappa shape index (κ2) is 29.2. The fourth-order valence-corrected chi connectivity index (χ4v) is 31.3. The zero-order valence-corrected chi connectivity index (χ0v) is 46.4. The van der Waals surface area contributed by atoms with E-state index in [0.717, 1.165) is 44.8 Å². The standard InChI is InChI=1S/C19H47NO6Si3.C13H32O4Si3.C6H15NO2/c1-17(21)13-20(14-18(2)22)15-19(23)16-24-11-10-12-29(9,25-27(3,4)5)26-28(6,7)8;1-18(2,3)16-20(7,17-19(4,5)6)10-8-9-14-11-13-12-15-13;1-5(8)3-7-4-6(2)9/h17-19,21-23H,10-16H2,1-9H3;13H,8-12H2,1-7H3;5-9H,3-4H2,1-2H3. The number of nitrogens with zero attached hydrogens (tertiary/aromatic N) is 1. The average molecular weight is 940 g/mol. The van der Waals surface area contributed by atoms with Gasteiger partial charge in [-0.25, -0.2) is 0 Å². The fraction of sp³-hybridized carbons (Fsp3) is 1.00. The lowest BCUT2D eigenvalue weighted by Crippen LogP contribution is -2.52. The Morgan fingerprint density at radius 2 is 0.897 bits per heavy atom. The molecular formula is C38H94N2O12Si6. The van der Waals surface area contributed by atoms with Gasteiger partial charge in [-0.05, 0) is 144 Å². The predicted octanol–water partition coefficient (Wildman–Crippen LogP) is 5.50. The number of aliphatic hydroxyl groups is 5. The van der Waals surface area contributed by atoms with Gasteiger partial charge in [0.2, 0.25) is 0 Å². The summed E-state index contributed by atoms with van der Waals surface area (Å²) in [6.45, 7) is 43.3. The number of hydrogen-bond acceptors (Lipinski definition) is 14. The number of aliphatic hydroxyl groups excluding tert-OH is 5. The Bertz CT molecular complexity index is 972. The highest BCUT2D eigenvalue weighted by Crippen LogP contribution is 2.27. The molecule has 0 aromatic rings. The van der Waals surface area contributed by atoms with E-state index in [-0.39, 0.29) is 18.8 Å². The Morgan fingerprint density at radius 1 is 0.552 bits per heavy atom. The SMILES string of the molecule is CC(O)CN(CC(C)O)CC(O)COCCC[Si](C)(O[Si](C)(C)C)O[Si](C)(C)C.CC(O)CNCC(C)O.C[Si](C)(C)O[Si](C)(CCCOCC1CO1)O[Si](C)(C)C. The third-order valence-electron chi connectivity index (χ3n) is 7.34. The molecule has 0 aromatic heterocycles. The van der Waals surface area contributed by atoms with Crippen molar-refractivity contribution in [2.45, 2.75) is 181 Å². The molecule has 1 aliphatic heterocycles. The van der Waals surface area contributed by atoms with Gasteiger partial charge in [-0.3, -0.25) is 4.90 Å². The summed E-state index contributed by atoms with van der Waals surface area (Å²) in [5.41, 5.74) is 0. The Labute approximate surface area is 362 Å². The van der Waals surface area contributed by atoms with E-state index in [2.05, 4.69) is 97.0 Å². The zero-order valence-electron chi connectivity index (χ0n) is 40.4. The smallest absolute Gasteiger partial charge is 0.314 e. The molecule has 352 valence electrons. The van der Waals surface area contributed by atoms with Gasteiger partial charge < -0.3 is 61.5 Å². The third kappa shape index (κ3) is 43.4. The minimum Gasteiger partial charge on any atom is -0.437 e. The minimum absolute atomic E-state index is 0.234. The van der Waals surface area contributed by atoms with Crippen molar-refractivity contribution in [3.63, 3.8) is 0 Å². The molecule has 1 aliphatic rings. The van der Waals surface area contributed by atoms with Crippen molar-refractivity contribution in [1.29, 1.82) is 0 Å². The van der Waals surface area contributed by atoms with Gasteiger partial charge in [0, 0.05) is 45.9 Å². The Hall–Kier alpha value is 0.741. The molecule has 1 fully saturated rings. The molecule has 1 rings (SSSR count). The van der Waals surface area contributed by atoms with E-state index < -0.39 is 68.7 Å². The number of epoxide rings is 1. The normalized spacial score (nSPS) is 18.1. The molecule has 0 radical (unpaired) electrons. The van der Waals surface area contributed by atoms with Crippen molar-refractivity contribution in [3.8, 4) is 0 Å². The van der Waals surface area contributed by atoms with Crippen molar-refractivity contribution in [1.82, 2.24) is 10.2 Å². The molecule has 1 saturated heterocycles. The lowest BCUT2D eigenvalue weighted by atomic mass is 10.2. The molecule has 0 aromatic carbocycles. The van der Waals surface area contributed by atoms with E-state index in [0.29, 0.717) is 45.4 Å². The number of nitrogens with one attached hydrogen (secondary N) is 1. The van der Waals surface area contributed by atoms with Crippen LogP contribution in [0, 0.1) is 0 Å². The Balaban J connectivity index is 0. The summed E-state index contributed by atoms with van der Waals surface area (Å²) in [5.74, 6) is 0. The monoisotopic (exact) mass is 939 g/mol. The van der Waals surface area contributed by atoms with Gasteiger partial charge in [0.15, 0.2) is 33.3 Å². The summed E-state index contributed by atoms with van der Waals surface area (Å²) >= 11 is 0. The lowest BCUT2D eigenvalue weighted by Gasteiger charge is -2.38. The fourth-order valence-electron chi connectivity index (χ4n) is 6.25. The quantitative estimate of drug-likeness (QED) is 0.0302. The highest BCUT2D eigenvalue weighted by molar-refractivity contribution is 6.88. The summed E-state index contributed by atoms with van der Waals surface area (Å²) in [7, 11) is -10.8. The first-order valence-electron chi connectivity index (χ1n) is 21.5. The summed E-state index contributed by atoms with van der Waals surface area (Å²) in [4.78, 5) is 1.86. The Kier molecular flexibility index (Phi) is 30.7. The maximum atomic E-state index is 10.3. The van der Waals surface area contributed by atoms with Crippen LogP contribution in [0.3, 0.4) is 0 Å². The van der Waals surface area contributed by atoms with E-state index in [1.54, 1.807) is 27.7 Å². The van der Waals surface area contributed by atoms with E-state index in [1.165, 1.54) is 0 Å². The molecule has 0 aliphatic carbocycles. The largest absolute Gasteiger partial charge is 0.437 e. The van der Waals surface area contributed by atoms with Crippen LogP contribution in [0.4, 0.5) is 0 Å². The van der Waals surface area contributed by atoms with Gasteiger partial charge >= 0.3 is 17.1 Å². The third-order valence-corrected chi connectivity index (χ3v) is 26.6. The second-order valence-corrected chi connectivity index (χ2v) is 46.1. The van der Waals surface area contributed by atoms with Crippen molar-refractivity contribution < 1.29 is 56.2 Å². The van der Waals surface area contributed by atoms with Gasteiger partial charge in [-0.15, -0.1) is 0 Å². The lowest BCUT2D eigenvalue weighted by molar-refractivity contribution is 0.0000907. The van der Waals surface area contributed by atoms with Gasteiger partial charge in [-0.1, -0.05) is 0 Å². The van der Waals surface area contributed by atoms with Crippen LogP contribution in [-0.2, 0) is 30.7 Å². The maximum absolute atomic E-state index is 10.3. The summed E-state index contributed by atoms with van der Waals surface area (Å²) < 4.78 is 42.3. The number of rotatable bonds is 30. The van der Waals surface area contributed by atoms with Gasteiger partial charge in [0.25, 0.3) is 0 Å². The van der Waals surface area contributed by atoms with Crippen LogP contribution in [0.25, 0.3) is 0 Å². The van der Waals surface area contributed by atoms with Crippen molar-refractivity contribution in [2.24, 2.45) is 0 Å². The van der Waals surface area contributed by atoms with Crippen LogP contribution in [0.5, 0.6) is 0 Å². The minimum atomic E-state index is -2.24. The van der Waals surface area contributed by atoms with Gasteiger partial charge in [0.1, 0.15) is 6.10 Å². The first kappa shape index (κ1) is 60.8. The topological polar surface area (TPSA) is 184 Å². The Morgan fingerprint density at radius 3 is 1.19 bits per heavy atom. The molecule has 6 atom stereocenters. The number of hydrogen-bond donors (Lipinski definition) is 6. The van der Waals surface area contributed by atoms with Crippen LogP contribution in [0.15, 0.2) is 0 Å². The molecular weight excluding hydrogens is 845 g/mol. The summed E-state index contributed by atoms with van der Waals surface area (Å²) in [5, 5.41) is 49.7. The molecule has 0 bridgehead atoms. The maximum Gasteiger partial charge on any atom is 0.314 e. The first-order chi connectivity index (χ1) is 26.1. The van der Waals surface area contributed by atoms with E-state index in [9.17, 15) is 15.3 Å². The van der Waals surface area contributed by atoms with Crippen LogP contribution in [-0.4, -0.2) is 183 Å². The highest BCUT2D eigenvalue weighted by atomic mass is 28.5. The first-order valence-corrected chi connectivity index (χ1v) is 40.2. The van der Waals surface area contributed by atoms with E-state index >= 15 is 0 Å². The molecule has 1 heterocycles. The zero-order chi connectivity index (χ0) is 45.6. The summed E-state index contributed by atoms with van der Waals surface area (Å²) in [6.07, 6.45) is -0.125. The molecule has 6 N–H and O–H groups in total. The molecule has 14 nitrogen and oxygen atoms in total. The molecule has 6 unspecified atom stereocenters.